The lowest BCUT2D eigenvalue weighted by atomic mass is 10.1. The minimum atomic E-state index is 0.200. The van der Waals surface area contributed by atoms with Gasteiger partial charge in [-0.2, -0.15) is 0 Å². The molecule has 0 bridgehead atoms. The molecule has 0 fully saturated rings. The number of benzene rings is 1. The number of hydrogen-bond donors (Lipinski definition) is 0. The van der Waals surface area contributed by atoms with Gasteiger partial charge in [0.25, 0.3) is 0 Å². The fourth-order valence-corrected chi connectivity index (χ4v) is 1.67. The third kappa shape index (κ3) is 2.43. The number of anilines is 1. The average molecular weight is 202 g/mol. The maximum atomic E-state index is 10.9. The van der Waals surface area contributed by atoms with Crippen molar-refractivity contribution < 1.29 is 4.79 Å². The van der Waals surface area contributed by atoms with E-state index < -0.39 is 0 Å². The van der Waals surface area contributed by atoms with Gasteiger partial charge < -0.3 is 4.90 Å². The van der Waals surface area contributed by atoms with Crippen LogP contribution in [0.4, 0.5) is 5.69 Å². The molecule has 0 atom stereocenters. The summed E-state index contributed by atoms with van der Waals surface area (Å²) in [6.07, 6.45) is 2.38. The topological polar surface area (TPSA) is 32.7 Å². The summed E-state index contributed by atoms with van der Waals surface area (Å²) in [6, 6.07) is 8.08. The van der Waals surface area contributed by atoms with E-state index in [4.69, 9.17) is 0 Å². The molecular weight excluding hydrogens is 188 g/mol. The van der Waals surface area contributed by atoms with Crippen LogP contribution in [0.15, 0.2) is 29.3 Å². The van der Waals surface area contributed by atoms with Crippen LogP contribution >= 0.6 is 0 Å². The molecule has 3 nitrogen and oxygen atoms in total. The van der Waals surface area contributed by atoms with Crippen LogP contribution in [0.5, 0.6) is 0 Å². The van der Waals surface area contributed by atoms with Crippen LogP contribution in [0.3, 0.4) is 0 Å². The van der Waals surface area contributed by atoms with Gasteiger partial charge in [-0.25, -0.2) is 0 Å². The van der Waals surface area contributed by atoms with Crippen LogP contribution in [0, 0.1) is 0 Å². The maximum Gasteiger partial charge on any atom is 0.134 e. The SMILES string of the molecule is CC(=O)Cc1ccc(N2C=NCC2)cc1. The molecule has 0 spiro atoms. The number of Topliss-reactive ketones (excluding diaryl/α,β-unsaturated/α-hetero) is 1. The normalized spacial score (nSPS) is 14.6. The lowest BCUT2D eigenvalue weighted by Gasteiger charge is -2.13. The molecule has 1 aromatic rings. The molecule has 0 saturated carbocycles. The van der Waals surface area contributed by atoms with Crippen LogP contribution in [0.1, 0.15) is 12.5 Å². The molecule has 3 heteroatoms. The van der Waals surface area contributed by atoms with Crippen molar-refractivity contribution in [3.05, 3.63) is 29.8 Å². The summed E-state index contributed by atoms with van der Waals surface area (Å²) in [6.45, 7) is 3.43. The van der Waals surface area contributed by atoms with Crippen LogP contribution in [0.25, 0.3) is 0 Å². The van der Waals surface area contributed by atoms with Crippen molar-refractivity contribution in [2.45, 2.75) is 13.3 Å². The molecule has 0 N–H and O–H groups in total. The second-order valence-electron chi connectivity index (χ2n) is 3.76. The Bertz CT molecular complexity index is 381. The molecule has 1 aliphatic rings. The van der Waals surface area contributed by atoms with Gasteiger partial charge in [0.1, 0.15) is 5.78 Å². The molecular formula is C12H14N2O. The van der Waals surface area contributed by atoms with Gasteiger partial charge >= 0.3 is 0 Å². The van der Waals surface area contributed by atoms with Crippen molar-refractivity contribution >= 4 is 17.8 Å². The van der Waals surface area contributed by atoms with Gasteiger partial charge in [-0.05, 0) is 24.6 Å². The first-order valence-electron chi connectivity index (χ1n) is 5.11. The smallest absolute Gasteiger partial charge is 0.134 e. The van der Waals surface area contributed by atoms with Gasteiger partial charge in [0, 0.05) is 18.7 Å². The maximum absolute atomic E-state index is 10.9. The number of carbonyl (C=O) groups is 1. The Labute approximate surface area is 89.4 Å². The quantitative estimate of drug-likeness (QED) is 0.746. The monoisotopic (exact) mass is 202 g/mol. The number of aliphatic imine (C=N–C) groups is 1. The Hall–Kier alpha value is -1.64. The van der Waals surface area contributed by atoms with E-state index in [1.54, 1.807) is 6.92 Å². The number of hydrogen-bond acceptors (Lipinski definition) is 3. The summed E-state index contributed by atoms with van der Waals surface area (Å²) in [5.41, 5.74) is 2.21. The van der Waals surface area contributed by atoms with Crippen molar-refractivity contribution in [3.8, 4) is 0 Å². The van der Waals surface area contributed by atoms with Crippen LogP contribution in [0.2, 0.25) is 0 Å². The third-order valence-corrected chi connectivity index (χ3v) is 2.41. The lowest BCUT2D eigenvalue weighted by molar-refractivity contribution is -0.116. The summed E-state index contributed by atoms with van der Waals surface area (Å²) < 4.78 is 0. The summed E-state index contributed by atoms with van der Waals surface area (Å²) in [5.74, 6) is 0.200. The van der Waals surface area contributed by atoms with Crippen LogP contribution in [-0.2, 0) is 11.2 Å². The fourth-order valence-electron chi connectivity index (χ4n) is 1.67. The number of carbonyl (C=O) groups excluding carboxylic acids is 1. The van der Waals surface area contributed by atoms with Gasteiger partial charge in [-0.1, -0.05) is 12.1 Å². The summed E-state index contributed by atoms with van der Waals surface area (Å²) in [5, 5.41) is 0. The first-order valence-corrected chi connectivity index (χ1v) is 5.11. The Morgan fingerprint density at radius 3 is 2.67 bits per heavy atom. The minimum absolute atomic E-state index is 0.200. The Kier molecular flexibility index (Phi) is 2.81. The van der Waals surface area contributed by atoms with E-state index in [1.165, 1.54) is 0 Å². The van der Waals surface area contributed by atoms with E-state index >= 15 is 0 Å². The van der Waals surface area contributed by atoms with Crippen molar-refractivity contribution in [3.63, 3.8) is 0 Å². The fraction of sp³-hybridized carbons (Fsp3) is 0.333. The van der Waals surface area contributed by atoms with Crippen molar-refractivity contribution in [2.75, 3.05) is 18.0 Å². The zero-order chi connectivity index (χ0) is 10.7. The van der Waals surface area contributed by atoms with E-state index in [0.717, 1.165) is 24.3 Å². The average Bonchev–Trinajstić information content (AvgIpc) is 2.71. The zero-order valence-electron chi connectivity index (χ0n) is 8.81. The molecule has 2 rings (SSSR count). The van der Waals surface area contributed by atoms with Crippen molar-refractivity contribution in [1.82, 2.24) is 0 Å². The highest BCUT2D eigenvalue weighted by molar-refractivity contribution is 5.81. The van der Waals surface area contributed by atoms with E-state index in [1.807, 2.05) is 30.6 Å². The Morgan fingerprint density at radius 2 is 2.13 bits per heavy atom. The summed E-state index contributed by atoms with van der Waals surface area (Å²) in [7, 11) is 0. The third-order valence-electron chi connectivity index (χ3n) is 2.41. The van der Waals surface area contributed by atoms with E-state index in [-0.39, 0.29) is 5.78 Å². The second kappa shape index (κ2) is 4.26. The van der Waals surface area contributed by atoms with Gasteiger partial charge in [0.05, 0.1) is 12.9 Å². The summed E-state index contributed by atoms with van der Waals surface area (Å²) in [4.78, 5) is 17.2. The molecule has 0 amide bonds. The number of nitrogens with zero attached hydrogens (tertiary/aromatic N) is 2. The highest BCUT2D eigenvalue weighted by Gasteiger charge is 2.07. The van der Waals surface area contributed by atoms with Crippen LogP contribution < -0.4 is 4.90 Å². The summed E-state index contributed by atoms with van der Waals surface area (Å²) >= 11 is 0. The lowest BCUT2D eigenvalue weighted by Crippen LogP contribution is -2.17. The van der Waals surface area contributed by atoms with Crippen LogP contribution in [-0.4, -0.2) is 25.2 Å². The van der Waals surface area contributed by atoms with Gasteiger partial charge in [0.2, 0.25) is 0 Å². The van der Waals surface area contributed by atoms with Gasteiger partial charge in [-0.3, -0.25) is 9.79 Å². The van der Waals surface area contributed by atoms with E-state index in [2.05, 4.69) is 9.89 Å². The first kappa shape index (κ1) is 9.90. The van der Waals surface area contributed by atoms with Crippen molar-refractivity contribution in [2.24, 2.45) is 4.99 Å². The molecule has 78 valence electrons. The predicted molar refractivity (Wildman–Crippen MR) is 61.5 cm³/mol. The zero-order valence-corrected chi connectivity index (χ0v) is 8.81. The molecule has 1 aromatic carbocycles. The molecule has 0 saturated heterocycles. The highest BCUT2D eigenvalue weighted by Crippen LogP contribution is 2.16. The molecule has 0 radical (unpaired) electrons. The number of ketones is 1. The van der Waals surface area contributed by atoms with Crippen molar-refractivity contribution in [1.29, 1.82) is 0 Å². The molecule has 0 unspecified atom stereocenters. The molecule has 15 heavy (non-hydrogen) atoms. The standard InChI is InChI=1S/C12H14N2O/c1-10(15)8-11-2-4-12(5-3-11)14-7-6-13-9-14/h2-5,9H,6-8H2,1H3. The minimum Gasteiger partial charge on any atom is -0.331 e. The molecule has 1 heterocycles. The van der Waals surface area contributed by atoms with Gasteiger partial charge in [0.15, 0.2) is 0 Å². The number of rotatable bonds is 3. The first-order chi connectivity index (χ1) is 7.25. The highest BCUT2D eigenvalue weighted by atomic mass is 16.1. The predicted octanol–water partition coefficient (Wildman–Crippen LogP) is 1.67. The Balaban J connectivity index is 2.09. The molecule has 1 aliphatic heterocycles. The molecule has 0 aromatic heterocycles. The molecule has 0 aliphatic carbocycles. The van der Waals surface area contributed by atoms with Gasteiger partial charge in [-0.15, -0.1) is 0 Å². The largest absolute Gasteiger partial charge is 0.331 e. The Morgan fingerprint density at radius 1 is 1.40 bits per heavy atom. The van der Waals surface area contributed by atoms with E-state index in [0.29, 0.717) is 6.42 Å². The second-order valence-corrected chi connectivity index (χ2v) is 3.76. The van der Waals surface area contributed by atoms with E-state index in [9.17, 15) is 4.79 Å².